The maximum absolute atomic E-state index is 12.3. The molecule has 0 saturated carbocycles. The van der Waals surface area contributed by atoms with Gasteiger partial charge in [-0.05, 0) is 23.8 Å². The summed E-state index contributed by atoms with van der Waals surface area (Å²) >= 11 is 0. The third kappa shape index (κ3) is 2.74. The normalized spacial score (nSPS) is 12.0. The van der Waals surface area contributed by atoms with Crippen LogP contribution in [0.1, 0.15) is 0 Å². The Morgan fingerprint density at radius 2 is 1.83 bits per heavy atom. The SMILES string of the molecule is CN(C)S(=O)(=O)c1cc(-c2ccc3ncc(=O)[nH]c3c2)cnc1N. The van der Waals surface area contributed by atoms with Crippen molar-refractivity contribution in [1.29, 1.82) is 0 Å². The van der Waals surface area contributed by atoms with Gasteiger partial charge in [-0.1, -0.05) is 6.07 Å². The first-order chi connectivity index (χ1) is 11.3. The highest BCUT2D eigenvalue weighted by atomic mass is 32.2. The molecule has 0 aliphatic heterocycles. The molecule has 0 saturated heterocycles. The van der Waals surface area contributed by atoms with Gasteiger partial charge < -0.3 is 10.7 Å². The van der Waals surface area contributed by atoms with E-state index in [-0.39, 0.29) is 16.3 Å². The van der Waals surface area contributed by atoms with Crippen LogP contribution in [-0.4, -0.2) is 41.8 Å². The third-order valence-corrected chi connectivity index (χ3v) is 5.39. The summed E-state index contributed by atoms with van der Waals surface area (Å²) in [7, 11) is -0.863. The van der Waals surface area contributed by atoms with Gasteiger partial charge in [0, 0.05) is 25.9 Å². The first-order valence-electron chi connectivity index (χ1n) is 6.96. The molecule has 0 unspecified atom stereocenters. The van der Waals surface area contributed by atoms with Gasteiger partial charge in [0.2, 0.25) is 10.0 Å². The molecule has 0 fully saturated rings. The number of nitrogens with two attached hydrogens (primary N) is 1. The quantitative estimate of drug-likeness (QED) is 0.724. The summed E-state index contributed by atoms with van der Waals surface area (Å²) in [6.07, 6.45) is 2.69. The lowest BCUT2D eigenvalue weighted by molar-refractivity contribution is 0.521. The van der Waals surface area contributed by atoms with Crippen LogP contribution in [0.4, 0.5) is 5.82 Å². The van der Waals surface area contributed by atoms with Crippen molar-refractivity contribution in [3.8, 4) is 11.1 Å². The van der Waals surface area contributed by atoms with E-state index in [1.807, 2.05) is 0 Å². The highest BCUT2D eigenvalue weighted by molar-refractivity contribution is 7.89. The van der Waals surface area contributed by atoms with Gasteiger partial charge in [0.15, 0.2) is 0 Å². The molecule has 8 nitrogen and oxygen atoms in total. The van der Waals surface area contributed by atoms with Crippen molar-refractivity contribution in [3.05, 3.63) is 47.0 Å². The summed E-state index contributed by atoms with van der Waals surface area (Å²) in [4.78, 5) is 22.0. The molecule has 1 aromatic carbocycles. The fourth-order valence-corrected chi connectivity index (χ4v) is 3.22. The second-order valence-corrected chi connectivity index (χ2v) is 7.49. The van der Waals surface area contributed by atoms with Gasteiger partial charge >= 0.3 is 0 Å². The maximum Gasteiger partial charge on any atom is 0.266 e. The Balaban J connectivity index is 2.19. The number of nitrogens with one attached hydrogen (secondary N) is 1. The number of aromatic nitrogens is 3. The van der Waals surface area contributed by atoms with Gasteiger partial charge in [0.25, 0.3) is 5.56 Å². The largest absolute Gasteiger partial charge is 0.383 e. The number of anilines is 1. The molecule has 0 bridgehead atoms. The predicted octanol–water partition coefficient (Wildman–Crippen LogP) is 0.818. The van der Waals surface area contributed by atoms with E-state index in [4.69, 9.17) is 5.73 Å². The second-order valence-electron chi connectivity index (χ2n) is 5.37. The molecule has 0 spiro atoms. The zero-order chi connectivity index (χ0) is 17.5. The van der Waals surface area contributed by atoms with Crippen LogP contribution in [0.15, 0.2) is 46.3 Å². The molecule has 0 aliphatic rings. The molecule has 2 aromatic heterocycles. The molecular weight excluding hydrogens is 330 g/mol. The molecule has 2 heterocycles. The van der Waals surface area contributed by atoms with Crippen LogP contribution in [0.5, 0.6) is 0 Å². The Bertz CT molecular complexity index is 1090. The van der Waals surface area contributed by atoms with Gasteiger partial charge in [-0.2, -0.15) is 0 Å². The summed E-state index contributed by atoms with van der Waals surface area (Å²) < 4.78 is 25.8. The van der Waals surface area contributed by atoms with Crippen LogP contribution in [0.3, 0.4) is 0 Å². The molecular formula is C15H15N5O3S. The fourth-order valence-electron chi connectivity index (χ4n) is 2.24. The number of nitrogens with zero attached hydrogens (tertiary/aromatic N) is 3. The van der Waals surface area contributed by atoms with Crippen LogP contribution in [-0.2, 0) is 10.0 Å². The smallest absolute Gasteiger partial charge is 0.266 e. The van der Waals surface area contributed by atoms with Crippen LogP contribution in [0, 0.1) is 0 Å². The van der Waals surface area contributed by atoms with Gasteiger partial charge in [0.1, 0.15) is 10.7 Å². The minimum Gasteiger partial charge on any atom is -0.383 e. The Morgan fingerprint density at radius 1 is 1.08 bits per heavy atom. The lowest BCUT2D eigenvalue weighted by Gasteiger charge is -2.14. The number of pyridine rings is 1. The highest BCUT2D eigenvalue weighted by Gasteiger charge is 2.22. The molecule has 124 valence electrons. The molecule has 0 amide bonds. The van der Waals surface area contributed by atoms with Gasteiger partial charge in [-0.15, -0.1) is 0 Å². The number of hydrogen-bond donors (Lipinski definition) is 2. The standard InChI is InChI=1S/C15H15N5O3S/c1-20(2)24(22,23)13-6-10(7-18-15(13)16)9-3-4-11-12(5-9)19-14(21)8-17-11/h3-8H,1-2H3,(H2,16,18)(H,19,21). The van der Waals surface area contributed by atoms with E-state index in [9.17, 15) is 13.2 Å². The average molecular weight is 345 g/mol. The zero-order valence-electron chi connectivity index (χ0n) is 13.0. The Morgan fingerprint density at radius 3 is 2.54 bits per heavy atom. The Hall–Kier alpha value is -2.78. The van der Waals surface area contributed by atoms with Crippen LogP contribution < -0.4 is 11.3 Å². The van der Waals surface area contributed by atoms with E-state index in [1.165, 1.54) is 32.6 Å². The van der Waals surface area contributed by atoms with Gasteiger partial charge in [0.05, 0.1) is 17.2 Å². The Labute approximate surface area is 138 Å². The minimum atomic E-state index is -3.71. The zero-order valence-corrected chi connectivity index (χ0v) is 13.8. The van der Waals surface area contributed by atoms with E-state index in [0.29, 0.717) is 22.2 Å². The van der Waals surface area contributed by atoms with Crippen molar-refractivity contribution in [3.63, 3.8) is 0 Å². The highest BCUT2D eigenvalue weighted by Crippen LogP contribution is 2.27. The van der Waals surface area contributed by atoms with Crippen molar-refractivity contribution in [2.24, 2.45) is 0 Å². The number of hydrogen-bond acceptors (Lipinski definition) is 6. The van der Waals surface area contributed by atoms with Crippen LogP contribution in [0.2, 0.25) is 0 Å². The number of sulfonamides is 1. The summed E-state index contributed by atoms with van der Waals surface area (Å²) in [6, 6.07) is 6.68. The molecule has 3 rings (SSSR count). The van der Waals surface area contributed by atoms with Crippen molar-refractivity contribution < 1.29 is 8.42 Å². The summed E-state index contributed by atoms with van der Waals surface area (Å²) in [6.45, 7) is 0. The monoisotopic (exact) mass is 345 g/mol. The van der Waals surface area contributed by atoms with E-state index >= 15 is 0 Å². The van der Waals surface area contributed by atoms with Gasteiger partial charge in [-0.3, -0.25) is 4.79 Å². The molecule has 0 aliphatic carbocycles. The summed E-state index contributed by atoms with van der Waals surface area (Å²) in [5.41, 5.74) is 7.85. The first-order valence-corrected chi connectivity index (χ1v) is 8.40. The number of benzene rings is 1. The number of aromatic amines is 1. The fraction of sp³-hybridized carbons (Fsp3) is 0.133. The second kappa shape index (κ2) is 5.69. The average Bonchev–Trinajstić information content (AvgIpc) is 2.54. The van der Waals surface area contributed by atoms with Crippen molar-refractivity contribution >= 4 is 26.9 Å². The topological polar surface area (TPSA) is 122 Å². The molecule has 9 heteroatoms. The van der Waals surface area contributed by atoms with E-state index in [2.05, 4.69) is 15.0 Å². The Kier molecular flexibility index (Phi) is 3.82. The van der Waals surface area contributed by atoms with E-state index in [0.717, 1.165) is 4.31 Å². The van der Waals surface area contributed by atoms with E-state index in [1.54, 1.807) is 18.2 Å². The van der Waals surface area contributed by atoms with Crippen LogP contribution >= 0.6 is 0 Å². The molecule has 3 N–H and O–H groups in total. The third-order valence-electron chi connectivity index (χ3n) is 3.55. The lowest BCUT2D eigenvalue weighted by atomic mass is 10.1. The number of rotatable bonds is 3. The summed E-state index contributed by atoms with van der Waals surface area (Å²) in [5, 5.41) is 0. The van der Waals surface area contributed by atoms with Crippen molar-refractivity contribution in [2.45, 2.75) is 4.90 Å². The number of nitrogen functional groups attached to an aromatic ring is 1. The van der Waals surface area contributed by atoms with E-state index < -0.39 is 10.0 Å². The minimum absolute atomic E-state index is 0.0650. The molecule has 0 radical (unpaired) electrons. The number of H-pyrrole nitrogens is 1. The molecule has 24 heavy (non-hydrogen) atoms. The van der Waals surface area contributed by atoms with Crippen molar-refractivity contribution in [2.75, 3.05) is 19.8 Å². The molecule has 0 atom stereocenters. The predicted molar refractivity (Wildman–Crippen MR) is 90.9 cm³/mol. The lowest BCUT2D eigenvalue weighted by Crippen LogP contribution is -2.23. The molecule has 3 aromatic rings. The van der Waals surface area contributed by atoms with Crippen LogP contribution in [0.25, 0.3) is 22.2 Å². The number of fused-ring (bicyclic) bond motifs is 1. The van der Waals surface area contributed by atoms with Crippen molar-refractivity contribution in [1.82, 2.24) is 19.3 Å². The van der Waals surface area contributed by atoms with Gasteiger partial charge in [-0.25, -0.2) is 22.7 Å². The maximum atomic E-state index is 12.3. The first kappa shape index (κ1) is 16.1. The summed E-state index contributed by atoms with van der Waals surface area (Å²) in [5.74, 6) is -0.0664.